The molecule has 88 valence electrons. The summed E-state index contributed by atoms with van der Waals surface area (Å²) in [5.74, 6) is 0.308. The number of phenolic OH excluding ortho intramolecular Hbond substituents is 1. The number of halogens is 1. The van der Waals surface area contributed by atoms with Crippen molar-refractivity contribution in [2.75, 3.05) is 5.32 Å². The summed E-state index contributed by atoms with van der Waals surface area (Å²) in [7, 11) is 0. The minimum atomic E-state index is 0.308. The molecule has 0 atom stereocenters. The van der Waals surface area contributed by atoms with Crippen LogP contribution in [0.25, 0.3) is 0 Å². The predicted molar refractivity (Wildman–Crippen MR) is 72.1 cm³/mol. The number of benzene rings is 1. The van der Waals surface area contributed by atoms with E-state index in [0.717, 1.165) is 21.3 Å². The van der Waals surface area contributed by atoms with E-state index < -0.39 is 0 Å². The number of hydrogen-bond donors (Lipinski definition) is 2. The van der Waals surface area contributed by atoms with E-state index in [1.165, 1.54) is 0 Å². The van der Waals surface area contributed by atoms with Crippen molar-refractivity contribution in [3.8, 4) is 5.75 Å². The first kappa shape index (κ1) is 11.9. The van der Waals surface area contributed by atoms with Gasteiger partial charge >= 0.3 is 0 Å². The smallest absolute Gasteiger partial charge is 0.120 e. The van der Waals surface area contributed by atoms with E-state index >= 15 is 0 Å². The lowest BCUT2D eigenvalue weighted by Crippen LogP contribution is -1.99. The number of nitrogens with zero attached hydrogens (tertiary/aromatic N) is 1. The summed E-state index contributed by atoms with van der Waals surface area (Å²) in [4.78, 5) is 4.09. The van der Waals surface area contributed by atoms with Crippen molar-refractivity contribution in [3.05, 3.63) is 52.3 Å². The van der Waals surface area contributed by atoms with Crippen molar-refractivity contribution >= 4 is 21.6 Å². The molecule has 0 radical (unpaired) electrons. The Labute approximate surface area is 109 Å². The summed E-state index contributed by atoms with van der Waals surface area (Å²) in [5.41, 5.74) is 2.85. The van der Waals surface area contributed by atoms with Crippen molar-refractivity contribution < 1.29 is 5.11 Å². The molecule has 0 aliphatic heterocycles. The van der Waals surface area contributed by atoms with Gasteiger partial charge in [0, 0.05) is 35.2 Å². The normalized spacial score (nSPS) is 10.2. The standard InChI is InChI=1S/C13H13BrN2O/c1-9-2-3-12(5-13(9)17)16-7-10-4-11(14)8-15-6-10/h2-6,8,16-17H,7H2,1H3. The van der Waals surface area contributed by atoms with Gasteiger partial charge in [-0.3, -0.25) is 4.98 Å². The van der Waals surface area contributed by atoms with E-state index in [2.05, 4.69) is 26.2 Å². The molecule has 1 aromatic heterocycles. The molecule has 17 heavy (non-hydrogen) atoms. The minimum Gasteiger partial charge on any atom is -0.508 e. The van der Waals surface area contributed by atoms with Gasteiger partial charge in [0.25, 0.3) is 0 Å². The number of hydrogen-bond acceptors (Lipinski definition) is 3. The molecule has 2 N–H and O–H groups in total. The van der Waals surface area contributed by atoms with Gasteiger partial charge in [0.05, 0.1) is 0 Å². The lowest BCUT2D eigenvalue weighted by molar-refractivity contribution is 0.471. The number of rotatable bonds is 3. The molecule has 0 aliphatic rings. The van der Waals surface area contributed by atoms with Crippen molar-refractivity contribution in [2.24, 2.45) is 0 Å². The van der Waals surface area contributed by atoms with Gasteiger partial charge in [0.1, 0.15) is 5.75 Å². The first-order valence-corrected chi connectivity index (χ1v) is 6.07. The molecule has 1 aromatic carbocycles. The van der Waals surface area contributed by atoms with Gasteiger partial charge in [0.2, 0.25) is 0 Å². The number of anilines is 1. The zero-order valence-corrected chi connectivity index (χ0v) is 11.0. The fourth-order valence-corrected chi connectivity index (χ4v) is 1.89. The van der Waals surface area contributed by atoms with Gasteiger partial charge < -0.3 is 10.4 Å². The quantitative estimate of drug-likeness (QED) is 0.910. The molecule has 2 aromatic rings. The number of pyridine rings is 1. The largest absolute Gasteiger partial charge is 0.508 e. The van der Waals surface area contributed by atoms with E-state index in [9.17, 15) is 5.11 Å². The molecule has 0 saturated heterocycles. The number of aromatic hydroxyl groups is 1. The summed E-state index contributed by atoms with van der Waals surface area (Å²) in [6.45, 7) is 2.55. The zero-order valence-electron chi connectivity index (χ0n) is 9.44. The Morgan fingerprint density at radius 2 is 2.12 bits per heavy atom. The fraction of sp³-hybridized carbons (Fsp3) is 0.154. The van der Waals surface area contributed by atoms with Crippen LogP contribution in [0.5, 0.6) is 5.75 Å². The van der Waals surface area contributed by atoms with Crippen molar-refractivity contribution in [3.63, 3.8) is 0 Å². The van der Waals surface area contributed by atoms with Gasteiger partial charge in [-0.1, -0.05) is 6.07 Å². The minimum absolute atomic E-state index is 0.308. The summed E-state index contributed by atoms with van der Waals surface area (Å²) < 4.78 is 0.962. The molecule has 0 bridgehead atoms. The maximum atomic E-state index is 9.58. The third-order valence-electron chi connectivity index (χ3n) is 2.47. The topological polar surface area (TPSA) is 45.2 Å². The first-order chi connectivity index (χ1) is 8.15. The third kappa shape index (κ3) is 3.20. The Morgan fingerprint density at radius 3 is 2.82 bits per heavy atom. The summed E-state index contributed by atoms with van der Waals surface area (Å²) in [6.07, 6.45) is 3.56. The molecule has 0 amide bonds. The highest BCUT2D eigenvalue weighted by atomic mass is 79.9. The second kappa shape index (κ2) is 5.19. The van der Waals surface area contributed by atoms with Crippen LogP contribution in [-0.4, -0.2) is 10.1 Å². The fourth-order valence-electron chi connectivity index (χ4n) is 1.48. The van der Waals surface area contributed by atoms with Crippen LogP contribution < -0.4 is 5.32 Å². The summed E-state index contributed by atoms with van der Waals surface area (Å²) in [5, 5.41) is 12.8. The highest BCUT2D eigenvalue weighted by Gasteiger charge is 1.99. The van der Waals surface area contributed by atoms with Gasteiger partial charge in [-0.2, -0.15) is 0 Å². The molecular weight excluding hydrogens is 280 g/mol. The summed E-state index contributed by atoms with van der Waals surface area (Å²) >= 11 is 3.38. The van der Waals surface area contributed by atoms with Crippen LogP contribution in [0.1, 0.15) is 11.1 Å². The molecule has 1 heterocycles. The Bertz CT molecular complexity index is 529. The van der Waals surface area contributed by atoms with Gasteiger partial charge in [0.15, 0.2) is 0 Å². The number of aryl methyl sites for hydroxylation is 1. The lowest BCUT2D eigenvalue weighted by Gasteiger charge is -2.08. The van der Waals surface area contributed by atoms with Crippen LogP contribution in [0.4, 0.5) is 5.69 Å². The average molecular weight is 293 g/mol. The van der Waals surface area contributed by atoms with Crippen LogP contribution in [0.3, 0.4) is 0 Å². The molecule has 2 rings (SSSR count). The van der Waals surface area contributed by atoms with Gasteiger partial charge in [-0.25, -0.2) is 0 Å². The molecule has 0 spiro atoms. The highest BCUT2D eigenvalue weighted by Crippen LogP contribution is 2.21. The third-order valence-corrected chi connectivity index (χ3v) is 2.90. The number of phenols is 1. The second-order valence-electron chi connectivity index (χ2n) is 3.87. The number of aromatic nitrogens is 1. The Balaban J connectivity index is 2.05. The second-order valence-corrected chi connectivity index (χ2v) is 4.78. The Kier molecular flexibility index (Phi) is 3.64. The zero-order chi connectivity index (χ0) is 12.3. The van der Waals surface area contributed by atoms with E-state index in [4.69, 9.17) is 0 Å². The van der Waals surface area contributed by atoms with E-state index in [1.54, 1.807) is 12.3 Å². The molecule has 0 saturated carbocycles. The van der Waals surface area contributed by atoms with Gasteiger partial charge in [-0.05, 0) is 46.1 Å². The molecule has 0 fully saturated rings. The van der Waals surface area contributed by atoms with Crippen LogP contribution in [0.15, 0.2) is 41.1 Å². The van der Waals surface area contributed by atoms with Gasteiger partial charge in [-0.15, -0.1) is 0 Å². The van der Waals surface area contributed by atoms with Crippen molar-refractivity contribution in [1.29, 1.82) is 0 Å². The molecular formula is C13H13BrN2O. The number of nitrogens with one attached hydrogen (secondary N) is 1. The van der Waals surface area contributed by atoms with E-state index in [-0.39, 0.29) is 0 Å². The van der Waals surface area contributed by atoms with Crippen molar-refractivity contribution in [1.82, 2.24) is 4.98 Å². The molecule has 3 nitrogen and oxygen atoms in total. The maximum absolute atomic E-state index is 9.58. The molecule has 0 aliphatic carbocycles. The summed E-state index contributed by atoms with van der Waals surface area (Å²) in [6, 6.07) is 7.56. The van der Waals surface area contributed by atoms with Crippen LogP contribution in [0.2, 0.25) is 0 Å². The van der Waals surface area contributed by atoms with Crippen molar-refractivity contribution in [2.45, 2.75) is 13.5 Å². The van der Waals surface area contributed by atoms with Crippen LogP contribution in [-0.2, 0) is 6.54 Å². The van der Waals surface area contributed by atoms with Crippen LogP contribution in [0, 0.1) is 6.92 Å². The average Bonchev–Trinajstić information content (AvgIpc) is 2.31. The first-order valence-electron chi connectivity index (χ1n) is 5.28. The monoisotopic (exact) mass is 292 g/mol. The van der Waals surface area contributed by atoms with E-state index in [0.29, 0.717) is 12.3 Å². The lowest BCUT2D eigenvalue weighted by atomic mass is 10.2. The van der Waals surface area contributed by atoms with E-state index in [1.807, 2.05) is 31.3 Å². The predicted octanol–water partition coefficient (Wildman–Crippen LogP) is 3.47. The SMILES string of the molecule is Cc1ccc(NCc2cncc(Br)c2)cc1O. The maximum Gasteiger partial charge on any atom is 0.120 e. The Morgan fingerprint density at radius 1 is 1.29 bits per heavy atom. The molecule has 4 heteroatoms. The molecule has 0 unspecified atom stereocenters. The Hall–Kier alpha value is -1.55. The van der Waals surface area contributed by atoms with Crippen LogP contribution >= 0.6 is 15.9 Å². The highest BCUT2D eigenvalue weighted by molar-refractivity contribution is 9.10.